The lowest BCUT2D eigenvalue weighted by molar-refractivity contribution is -0.122. The van der Waals surface area contributed by atoms with E-state index in [1.54, 1.807) is 0 Å². The number of rotatable bonds is 6. The highest BCUT2D eigenvalue weighted by molar-refractivity contribution is 5.85. The van der Waals surface area contributed by atoms with Crippen molar-refractivity contribution in [3.63, 3.8) is 0 Å². The monoisotopic (exact) mass is 341 g/mol. The number of hydrogen-bond acceptors (Lipinski definition) is 4. The maximum atomic E-state index is 12.3. The summed E-state index contributed by atoms with van der Waals surface area (Å²) in [4.78, 5) is 12.3. The van der Waals surface area contributed by atoms with Crippen molar-refractivity contribution in [2.45, 2.75) is 77.4 Å². The Morgan fingerprint density at radius 2 is 1.96 bits per heavy atom. The van der Waals surface area contributed by atoms with Gasteiger partial charge in [-0.25, -0.2) is 0 Å². The third-order valence-corrected chi connectivity index (χ3v) is 5.11. The van der Waals surface area contributed by atoms with Crippen LogP contribution in [0.1, 0.15) is 63.0 Å². The highest BCUT2D eigenvalue weighted by Gasteiger charge is 2.34. The van der Waals surface area contributed by atoms with Crippen LogP contribution >= 0.6 is 12.4 Å². The molecule has 2 saturated heterocycles. The van der Waals surface area contributed by atoms with Crippen LogP contribution < -0.4 is 10.6 Å². The van der Waals surface area contributed by atoms with Gasteiger partial charge in [0.2, 0.25) is 5.91 Å². The van der Waals surface area contributed by atoms with Gasteiger partial charge in [-0.15, -0.1) is 12.4 Å². The molecule has 0 aromatic carbocycles. The van der Waals surface area contributed by atoms with Gasteiger partial charge in [-0.3, -0.25) is 4.79 Å². The predicted octanol–water partition coefficient (Wildman–Crippen LogP) is 2.76. The van der Waals surface area contributed by atoms with E-state index in [1.807, 2.05) is 0 Å². The quantitative estimate of drug-likeness (QED) is 0.835. The molecular weight excluding hydrogens is 314 g/mol. The van der Waals surface area contributed by atoms with Crippen molar-refractivity contribution in [2.75, 3.05) is 0 Å². The number of carbonyl (C=O) groups excluding carboxylic acids is 1. The van der Waals surface area contributed by atoms with Crippen molar-refractivity contribution < 1.29 is 9.32 Å². The summed E-state index contributed by atoms with van der Waals surface area (Å²) in [6, 6.07) is 1.29. The summed E-state index contributed by atoms with van der Waals surface area (Å²) >= 11 is 0. The van der Waals surface area contributed by atoms with E-state index in [0.717, 1.165) is 42.7 Å². The lowest BCUT2D eigenvalue weighted by Gasteiger charge is -2.28. The lowest BCUT2D eigenvalue weighted by Crippen LogP contribution is -2.39. The number of nitrogens with one attached hydrogen (secondary N) is 2. The Balaban J connectivity index is 0.00000192. The van der Waals surface area contributed by atoms with Crippen LogP contribution in [0.15, 0.2) is 4.52 Å². The summed E-state index contributed by atoms with van der Waals surface area (Å²) in [6.07, 6.45) is 7.17. The molecule has 0 saturated carbocycles. The number of halogens is 1. The average Bonchev–Trinajstić information content (AvgIpc) is 3.07. The largest absolute Gasteiger partial charge is 0.361 e. The fourth-order valence-corrected chi connectivity index (χ4v) is 4.00. The Labute approximate surface area is 144 Å². The molecule has 2 aliphatic heterocycles. The van der Waals surface area contributed by atoms with Crippen molar-refractivity contribution in [1.29, 1.82) is 0 Å². The molecule has 2 aliphatic rings. The Hall–Kier alpha value is -1.07. The maximum Gasteiger partial charge on any atom is 0.220 e. The highest BCUT2D eigenvalue weighted by atomic mass is 35.5. The van der Waals surface area contributed by atoms with Gasteiger partial charge in [0.15, 0.2) is 0 Å². The summed E-state index contributed by atoms with van der Waals surface area (Å²) in [5.74, 6) is 1.60. The van der Waals surface area contributed by atoms with Crippen LogP contribution in [0, 0.1) is 5.92 Å². The standard InChI is InChI=1S/C17H27N3O2.ClH/c1-3-15-14(16(4-2)22-20-15)10-18-17(21)9-11-7-12-5-6-13(8-11)19-12;/h11-13,19H,3-10H2,1-2H3,(H,18,21);1H. The molecule has 2 fully saturated rings. The Morgan fingerprint density at radius 1 is 1.26 bits per heavy atom. The second kappa shape index (κ2) is 8.15. The van der Waals surface area contributed by atoms with Gasteiger partial charge in [0, 0.05) is 37.0 Å². The van der Waals surface area contributed by atoms with Gasteiger partial charge in [0.05, 0.1) is 5.69 Å². The average molecular weight is 342 g/mol. The molecule has 3 rings (SSSR count). The van der Waals surface area contributed by atoms with Crippen LogP contribution in [0.2, 0.25) is 0 Å². The fraction of sp³-hybridized carbons (Fsp3) is 0.765. The minimum atomic E-state index is 0. The molecule has 0 aliphatic carbocycles. The minimum Gasteiger partial charge on any atom is -0.361 e. The van der Waals surface area contributed by atoms with Crippen molar-refractivity contribution in [2.24, 2.45) is 5.92 Å². The van der Waals surface area contributed by atoms with Crippen molar-refractivity contribution in [1.82, 2.24) is 15.8 Å². The van der Waals surface area contributed by atoms with Gasteiger partial charge >= 0.3 is 0 Å². The van der Waals surface area contributed by atoms with Gasteiger partial charge in [0.25, 0.3) is 0 Å². The molecule has 3 heterocycles. The molecule has 5 nitrogen and oxygen atoms in total. The molecule has 0 spiro atoms. The number of aromatic nitrogens is 1. The topological polar surface area (TPSA) is 67.2 Å². The van der Waals surface area contributed by atoms with Crippen molar-refractivity contribution >= 4 is 18.3 Å². The van der Waals surface area contributed by atoms with Crippen LogP contribution in [0.3, 0.4) is 0 Å². The van der Waals surface area contributed by atoms with E-state index in [9.17, 15) is 4.79 Å². The van der Waals surface area contributed by atoms with E-state index in [1.165, 1.54) is 12.8 Å². The molecular formula is C17H28ClN3O2. The summed E-state index contributed by atoms with van der Waals surface area (Å²) in [7, 11) is 0. The minimum absolute atomic E-state index is 0. The van der Waals surface area contributed by atoms with Crippen LogP contribution in [-0.4, -0.2) is 23.1 Å². The molecule has 1 amide bonds. The number of hydrogen-bond donors (Lipinski definition) is 2. The van der Waals surface area contributed by atoms with Gasteiger partial charge in [-0.1, -0.05) is 19.0 Å². The Kier molecular flexibility index (Phi) is 6.48. The molecule has 6 heteroatoms. The van der Waals surface area contributed by atoms with E-state index >= 15 is 0 Å². The van der Waals surface area contributed by atoms with Crippen LogP contribution in [0.4, 0.5) is 0 Å². The molecule has 2 unspecified atom stereocenters. The zero-order valence-corrected chi connectivity index (χ0v) is 14.9. The zero-order valence-electron chi connectivity index (χ0n) is 14.1. The number of amides is 1. The summed E-state index contributed by atoms with van der Waals surface area (Å²) in [6.45, 7) is 4.66. The first kappa shape index (κ1) is 18.3. The van der Waals surface area contributed by atoms with Gasteiger partial charge < -0.3 is 15.2 Å². The van der Waals surface area contributed by atoms with E-state index < -0.39 is 0 Å². The van der Waals surface area contributed by atoms with E-state index in [2.05, 4.69) is 29.6 Å². The number of nitrogens with zero attached hydrogens (tertiary/aromatic N) is 1. The number of aryl methyl sites for hydroxylation is 2. The Morgan fingerprint density at radius 3 is 2.57 bits per heavy atom. The smallest absolute Gasteiger partial charge is 0.220 e. The second-order valence-corrected chi connectivity index (χ2v) is 6.69. The number of carbonyl (C=O) groups is 1. The van der Waals surface area contributed by atoms with E-state index in [-0.39, 0.29) is 18.3 Å². The van der Waals surface area contributed by atoms with Gasteiger partial charge in [-0.05, 0) is 38.0 Å². The first-order valence-electron chi connectivity index (χ1n) is 8.68. The highest BCUT2D eigenvalue weighted by Crippen LogP contribution is 2.32. The van der Waals surface area contributed by atoms with Crippen LogP contribution in [0.25, 0.3) is 0 Å². The molecule has 23 heavy (non-hydrogen) atoms. The first-order chi connectivity index (χ1) is 10.7. The number of fused-ring (bicyclic) bond motifs is 2. The van der Waals surface area contributed by atoms with E-state index in [0.29, 0.717) is 31.0 Å². The van der Waals surface area contributed by atoms with Gasteiger partial charge in [0.1, 0.15) is 5.76 Å². The molecule has 1 aromatic heterocycles. The van der Waals surface area contributed by atoms with Crippen LogP contribution in [0.5, 0.6) is 0 Å². The lowest BCUT2D eigenvalue weighted by atomic mass is 9.89. The summed E-state index contributed by atoms with van der Waals surface area (Å²) in [5.41, 5.74) is 2.04. The third kappa shape index (κ3) is 4.27. The molecule has 2 atom stereocenters. The van der Waals surface area contributed by atoms with Crippen molar-refractivity contribution in [3.8, 4) is 0 Å². The predicted molar refractivity (Wildman–Crippen MR) is 91.6 cm³/mol. The maximum absolute atomic E-state index is 12.3. The molecule has 2 N–H and O–H groups in total. The Bertz CT molecular complexity index is 498. The fourth-order valence-electron chi connectivity index (χ4n) is 4.00. The summed E-state index contributed by atoms with van der Waals surface area (Å²) in [5, 5.41) is 10.8. The van der Waals surface area contributed by atoms with Crippen molar-refractivity contribution in [3.05, 3.63) is 17.0 Å². The third-order valence-electron chi connectivity index (χ3n) is 5.11. The molecule has 2 bridgehead atoms. The SMILES string of the molecule is CCc1noc(CC)c1CNC(=O)CC1CC2CCC(C1)N2.Cl. The first-order valence-corrected chi connectivity index (χ1v) is 8.68. The molecule has 0 radical (unpaired) electrons. The van der Waals surface area contributed by atoms with Gasteiger partial charge in [-0.2, -0.15) is 0 Å². The zero-order chi connectivity index (χ0) is 15.5. The molecule has 130 valence electrons. The number of piperidine rings is 1. The molecule has 1 aromatic rings. The second-order valence-electron chi connectivity index (χ2n) is 6.69. The van der Waals surface area contributed by atoms with E-state index in [4.69, 9.17) is 4.52 Å². The van der Waals surface area contributed by atoms with Crippen LogP contribution in [-0.2, 0) is 24.2 Å². The summed E-state index contributed by atoms with van der Waals surface area (Å²) < 4.78 is 5.34. The normalized spacial score (nSPS) is 25.9.